The Morgan fingerprint density at radius 2 is 2.03 bits per heavy atom. The highest BCUT2D eigenvalue weighted by Gasteiger charge is 2.24. The molecule has 3 N–H and O–H groups in total. The molecule has 2 aromatic heterocycles. The molecule has 1 atom stereocenters. The summed E-state index contributed by atoms with van der Waals surface area (Å²) in [6.07, 6.45) is 8.41. The van der Waals surface area contributed by atoms with Crippen LogP contribution in [0.1, 0.15) is 55.9 Å². The van der Waals surface area contributed by atoms with Crippen molar-refractivity contribution in [3.05, 3.63) is 36.3 Å². The average molecular weight is 494 g/mol. The molecule has 2 aliphatic rings. The molecule has 2 fully saturated rings. The summed E-state index contributed by atoms with van der Waals surface area (Å²) >= 11 is 0. The van der Waals surface area contributed by atoms with Crippen LogP contribution in [0.4, 0.5) is 0 Å². The maximum atomic E-state index is 12.3. The summed E-state index contributed by atoms with van der Waals surface area (Å²) in [5.74, 6) is 0.221. The van der Waals surface area contributed by atoms with Crippen molar-refractivity contribution in [1.29, 1.82) is 0 Å². The molecule has 36 heavy (non-hydrogen) atoms. The van der Waals surface area contributed by atoms with Gasteiger partial charge < -0.3 is 25.3 Å². The van der Waals surface area contributed by atoms with Crippen LogP contribution in [-0.4, -0.2) is 58.5 Å². The van der Waals surface area contributed by atoms with Gasteiger partial charge in [-0.25, -0.2) is 4.98 Å². The molecule has 3 aromatic rings. The Morgan fingerprint density at radius 3 is 2.72 bits per heavy atom. The van der Waals surface area contributed by atoms with E-state index in [0.29, 0.717) is 36.5 Å². The van der Waals surface area contributed by atoms with Crippen LogP contribution in [0.5, 0.6) is 11.6 Å². The van der Waals surface area contributed by atoms with Crippen molar-refractivity contribution in [2.75, 3.05) is 19.8 Å². The molecule has 0 unspecified atom stereocenters. The number of aromatic nitrogens is 3. The van der Waals surface area contributed by atoms with Crippen LogP contribution in [0.3, 0.4) is 0 Å². The fraction of sp³-hybridized carbons (Fsp3) is 0.462. The summed E-state index contributed by atoms with van der Waals surface area (Å²) in [5, 5.41) is 8.96. The van der Waals surface area contributed by atoms with Gasteiger partial charge in [-0.05, 0) is 50.6 Å². The van der Waals surface area contributed by atoms with E-state index >= 15 is 0 Å². The lowest BCUT2D eigenvalue weighted by Crippen LogP contribution is -2.31. The van der Waals surface area contributed by atoms with Crippen molar-refractivity contribution in [3.63, 3.8) is 0 Å². The molecule has 4 heterocycles. The number of benzene rings is 1. The molecule has 0 aliphatic carbocycles. The summed E-state index contributed by atoms with van der Waals surface area (Å²) in [4.78, 5) is 28.5. The molecule has 0 saturated carbocycles. The van der Waals surface area contributed by atoms with Gasteiger partial charge in [-0.1, -0.05) is 0 Å². The number of nitrogens with two attached hydrogens (primary N) is 1. The first-order valence-electron chi connectivity index (χ1n) is 12.4. The fourth-order valence-electron chi connectivity index (χ4n) is 4.74. The van der Waals surface area contributed by atoms with Crippen LogP contribution in [0.15, 0.2) is 30.7 Å². The number of hydrogen-bond acceptors (Lipinski definition) is 7. The normalized spacial score (nSPS) is 18.5. The topological polar surface area (TPSA) is 131 Å². The minimum absolute atomic E-state index is 0.0250. The Morgan fingerprint density at radius 1 is 1.22 bits per heavy atom. The average Bonchev–Trinajstić information content (AvgIpc) is 3.51. The summed E-state index contributed by atoms with van der Waals surface area (Å²) in [6, 6.07) is 3.71. The number of hydrogen-bond donors (Lipinski definition) is 2. The maximum Gasteiger partial charge on any atom is 0.252 e. The minimum Gasteiger partial charge on any atom is -0.490 e. The number of pyridine rings is 1. The molecular weight excluding hydrogens is 462 g/mol. The summed E-state index contributed by atoms with van der Waals surface area (Å²) in [5.41, 5.74) is 7.70. The number of carbonyl (C=O) groups is 2. The molecule has 0 spiro atoms. The first-order valence-corrected chi connectivity index (χ1v) is 12.4. The highest BCUT2D eigenvalue weighted by atomic mass is 16.5. The minimum atomic E-state index is -0.579. The van der Waals surface area contributed by atoms with E-state index in [1.165, 1.54) is 0 Å². The fourth-order valence-corrected chi connectivity index (χ4v) is 4.74. The third-order valence-electron chi connectivity index (χ3n) is 6.56. The maximum absolute atomic E-state index is 12.3. The van der Waals surface area contributed by atoms with Gasteiger partial charge in [0.25, 0.3) is 5.91 Å². The number of primary amides is 1. The van der Waals surface area contributed by atoms with Crippen molar-refractivity contribution in [3.8, 4) is 22.8 Å². The summed E-state index contributed by atoms with van der Waals surface area (Å²) < 4.78 is 19.4. The number of rotatable bonds is 8. The molecule has 0 bridgehead atoms. The SMILES string of the molecule is CC(C)Oc1cc2c(OC[C@@H]3CCC(=O)N3)ncc(-c3cnn(C4CCOCC4)c3)c2cc1C(N)=O. The van der Waals surface area contributed by atoms with Gasteiger partial charge in [0.2, 0.25) is 11.8 Å². The van der Waals surface area contributed by atoms with Gasteiger partial charge in [0.1, 0.15) is 12.4 Å². The zero-order valence-corrected chi connectivity index (χ0v) is 20.5. The van der Waals surface area contributed by atoms with Crippen LogP contribution in [0, 0.1) is 0 Å². The van der Waals surface area contributed by atoms with Gasteiger partial charge in [-0.15, -0.1) is 0 Å². The summed E-state index contributed by atoms with van der Waals surface area (Å²) in [6.45, 7) is 5.51. The molecular formula is C26H31N5O5. The second kappa shape index (κ2) is 10.1. The second-order valence-electron chi connectivity index (χ2n) is 9.57. The van der Waals surface area contributed by atoms with E-state index in [9.17, 15) is 9.59 Å². The first kappa shape index (κ1) is 24.1. The summed E-state index contributed by atoms with van der Waals surface area (Å²) in [7, 11) is 0. The van der Waals surface area contributed by atoms with Crippen molar-refractivity contribution in [2.24, 2.45) is 5.73 Å². The van der Waals surface area contributed by atoms with Crippen LogP contribution in [-0.2, 0) is 9.53 Å². The zero-order valence-electron chi connectivity index (χ0n) is 20.5. The lowest BCUT2D eigenvalue weighted by atomic mass is 9.99. The predicted octanol–water partition coefficient (Wildman–Crippen LogP) is 2.99. The number of nitrogens with zero attached hydrogens (tertiary/aromatic N) is 3. The van der Waals surface area contributed by atoms with Gasteiger partial charge in [0.15, 0.2) is 0 Å². The van der Waals surface area contributed by atoms with E-state index < -0.39 is 5.91 Å². The molecule has 10 nitrogen and oxygen atoms in total. The van der Waals surface area contributed by atoms with Crippen LogP contribution >= 0.6 is 0 Å². The van der Waals surface area contributed by atoms with E-state index in [-0.39, 0.29) is 29.7 Å². The van der Waals surface area contributed by atoms with Crippen molar-refractivity contribution >= 4 is 22.6 Å². The highest BCUT2D eigenvalue weighted by Crippen LogP contribution is 2.38. The van der Waals surface area contributed by atoms with Crippen molar-refractivity contribution < 1.29 is 23.8 Å². The Labute approximate surface area is 209 Å². The van der Waals surface area contributed by atoms with Crippen molar-refractivity contribution in [2.45, 2.75) is 57.7 Å². The second-order valence-corrected chi connectivity index (χ2v) is 9.57. The molecule has 2 amide bonds. The molecule has 190 valence electrons. The monoisotopic (exact) mass is 493 g/mol. The standard InChI is InChI=1S/C26H31N5O5/c1-15(2)36-23-10-20-19(9-21(23)25(27)33)22(12-28-26(20)35-14-17-3-4-24(32)30-17)16-11-29-31(13-16)18-5-7-34-8-6-18/h9-13,15,17-18H,3-8,14H2,1-2H3,(H2,27,33)(H,30,32)/t17-/m0/s1. The molecule has 2 aliphatic heterocycles. The lowest BCUT2D eigenvalue weighted by molar-refractivity contribution is -0.119. The Bertz CT molecular complexity index is 1280. The van der Waals surface area contributed by atoms with Gasteiger partial charge in [-0.3, -0.25) is 14.3 Å². The number of nitrogens with one attached hydrogen (secondary N) is 1. The number of ether oxygens (including phenoxy) is 3. The molecule has 10 heteroatoms. The van der Waals surface area contributed by atoms with Crippen molar-refractivity contribution in [1.82, 2.24) is 20.1 Å². The molecule has 5 rings (SSSR count). The Balaban J connectivity index is 1.57. The zero-order chi connectivity index (χ0) is 25.2. The Hall–Kier alpha value is -3.66. The van der Waals surface area contributed by atoms with Gasteiger partial charge in [-0.2, -0.15) is 5.10 Å². The third-order valence-corrected chi connectivity index (χ3v) is 6.56. The van der Waals surface area contributed by atoms with Gasteiger partial charge >= 0.3 is 0 Å². The Kier molecular flexibility index (Phi) is 6.77. The van der Waals surface area contributed by atoms with E-state index in [0.717, 1.165) is 42.6 Å². The van der Waals surface area contributed by atoms with Gasteiger partial charge in [0.05, 0.1) is 29.9 Å². The molecule has 0 radical (unpaired) electrons. The van der Waals surface area contributed by atoms with Crippen LogP contribution < -0.4 is 20.5 Å². The molecule has 2 saturated heterocycles. The quantitative estimate of drug-likeness (QED) is 0.493. The largest absolute Gasteiger partial charge is 0.490 e. The molecule has 1 aromatic carbocycles. The van der Waals surface area contributed by atoms with E-state index in [2.05, 4.69) is 15.4 Å². The van der Waals surface area contributed by atoms with E-state index in [1.807, 2.05) is 30.9 Å². The van der Waals surface area contributed by atoms with Gasteiger partial charge in [0, 0.05) is 48.5 Å². The third kappa shape index (κ3) is 4.99. The number of amides is 2. The number of fused-ring (bicyclic) bond motifs is 1. The predicted molar refractivity (Wildman–Crippen MR) is 133 cm³/mol. The number of carbonyl (C=O) groups excluding carboxylic acids is 2. The van der Waals surface area contributed by atoms with E-state index in [1.54, 1.807) is 18.3 Å². The van der Waals surface area contributed by atoms with Crippen LogP contribution in [0.2, 0.25) is 0 Å². The first-order chi connectivity index (χ1) is 17.4. The van der Waals surface area contributed by atoms with Crippen LogP contribution in [0.25, 0.3) is 21.9 Å². The smallest absolute Gasteiger partial charge is 0.252 e. The highest BCUT2D eigenvalue weighted by molar-refractivity contribution is 6.06. The van der Waals surface area contributed by atoms with E-state index in [4.69, 9.17) is 19.9 Å². The lowest BCUT2D eigenvalue weighted by Gasteiger charge is -2.22.